The summed E-state index contributed by atoms with van der Waals surface area (Å²) in [6.07, 6.45) is -8.18. The number of carbonyl (C=O) groups is 3. The van der Waals surface area contributed by atoms with E-state index in [0.29, 0.717) is 12.4 Å². The van der Waals surface area contributed by atoms with Crippen molar-refractivity contribution in [1.29, 1.82) is 0 Å². The predicted molar refractivity (Wildman–Crippen MR) is 199 cm³/mol. The Morgan fingerprint density at radius 2 is 1.07 bits per heavy atom. The lowest BCUT2D eigenvalue weighted by Crippen LogP contribution is -2.65. The van der Waals surface area contributed by atoms with E-state index in [0.717, 1.165) is 16.7 Å². The molecule has 10 atom stereocenters. The lowest BCUT2D eigenvalue weighted by molar-refractivity contribution is -0.347. The molecule has 0 aliphatic carbocycles. The quantitative estimate of drug-likeness (QED) is 0.122. The first kappa shape index (κ1) is 41.3. The maximum atomic E-state index is 12.7. The molecule has 0 saturated carbocycles. The van der Waals surface area contributed by atoms with E-state index in [1.54, 1.807) is 0 Å². The van der Waals surface area contributed by atoms with Crippen LogP contribution in [0.4, 0.5) is 0 Å². The second-order valence-corrected chi connectivity index (χ2v) is 14.4. The third-order valence-corrected chi connectivity index (χ3v) is 9.89. The molecule has 13 heteroatoms. The van der Waals surface area contributed by atoms with E-state index in [4.69, 9.17) is 42.6 Å². The molecule has 292 valence electrons. The first-order valence-electron chi connectivity index (χ1n) is 18.1. The van der Waals surface area contributed by atoms with Crippen LogP contribution in [0.1, 0.15) is 51.3 Å². The van der Waals surface area contributed by atoms with Crippen LogP contribution in [0.15, 0.2) is 91.0 Å². The van der Waals surface area contributed by atoms with E-state index >= 15 is 0 Å². The van der Waals surface area contributed by atoms with Gasteiger partial charge < -0.3 is 42.6 Å². The number of carbonyl (C=O) groups excluding carboxylic acids is 3. The molecule has 2 fully saturated rings. The third-order valence-electron chi connectivity index (χ3n) is 8.85. The normalized spacial score (nSPS) is 28.2. The molecule has 0 unspecified atom stereocenters. The Kier molecular flexibility index (Phi) is 15.9. The van der Waals surface area contributed by atoms with Gasteiger partial charge >= 0.3 is 17.9 Å². The molecular formula is C41H50O12S. The zero-order valence-electron chi connectivity index (χ0n) is 31.3. The van der Waals surface area contributed by atoms with E-state index in [9.17, 15) is 14.4 Å². The summed E-state index contributed by atoms with van der Waals surface area (Å²) in [7, 11) is 0. The van der Waals surface area contributed by atoms with Gasteiger partial charge in [-0.3, -0.25) is 14.4 Å². The number of hydrogen-bond acceptors (Lipinski definition) is 13. The molecule has 2 aliphatic heterocycles. The van der Waals surface area contributed by atoms with Crippen molar-refractivity contribution in [1.82, 2.24) is 0 Å². The first-order chi connectivity index (χ1) is 26.1. The minimum absolute atomic E-state index is 0.196. The molecule has 54 heavy (non-hydrogen) atoms. The van der Waals surface area contributed by atoms with Crippen LogP contribution in [-0.2, 0) is 76.8 Å². The maximum Gasteiger partial charge on any atom is 0.303 e. The molecule has 5 rings (SSSR count). The number of rotatable bonds is 17. The van der Waals surface area contributed by atoms with Gasteiger partial charge in [-0.15, -0.1) is 11.8 Å². The van der Waals surface area contributed by atoms with Crippen LogP contribution in [0.25, 0.3) is 0 Å². The largest absolute Gasteiger partial charge is 0.463 e. The summed E-state index contributed by atoms with van der Waals surface area (Å²) in [6.45, 7) is 8.10. The number of benzene rings is 3. The molecule has 2 aliphatic rings. The van der Waals surface area contributed by atoms with E-state index in [1.165, 1.54) is 32.5 Å². The van der Waals surface area contributed by atoms with Crippen LogP contribution in [0.2, 0.25) is 0 Å². The minimum Gasteiger partial charge on any atom is -0.463 e. The van der Waals surface area contributed by atoms with E-state index in [2.05, 4.69) is 0 Å². The lowest BCUT2D eigenvalue weighted by Gasteiger charge is -2.49. The first-order valence-corrected chi connectivity index (χ1v) is 19.2. The van der Waals surface area contributed by atoms with Gasteiger partial charge in [0.2, 0.25) is 0 Å². The standard InChI is InChI=1S/C41H50O12S/c1-6-54-41-39(37(51-29(5)44)35(50-28(4)43)33(52-41)25-45-27(3)42)53-40-38(48-24-32-20-14-9-15-21-32)36(47-23-31-18-12-8-13-19-31)34(26(2)49-40)46-22-30-16-10-7-11-17-30/h7-21,26,33-41H,6,22-25H2,1-5H3/t26-,33+,34-,35+,36+,37-,38+,39+,40-,41-/m0/s1. The van der Waals surface area contributed by atoms with Gasteiger partial charge in [0.25, 0.3) is 0 Å². The Hall–Kier alpha value is -3.82. The molecule has 3 aromatic carbocycles. The fraction of sp³-hybridized carbons (Fsp3) is 0.488. The van der Waals surface area contributed by atoms with E-state index < -0.39 is 78.5 Å². The molecule has 0 bridgehead atoms. The van der Waals surface area contributed by atoms with E-state index in [-0.39, 0.29) is 19.8 Å². The van der Waals surface area contributed by atoms with Crippen LogP contribution < -0.4 is 0 Å². The lowest BCUT2D eigenvalue weighted by atomic mass is 9.97. The highest BCUT2D eigenvalue weighted by Gasteiger charge is 2.55. The molecule has 0 spiro atoms. The highest BCUT2D eigenvalue weighted by atomic mass is 32.2. The van der Waals surface area contributed by atoms with Gasteiger partial charge in [-0.1, -0.05) is 97.9 Å². The molecule has 0 N–H and O–H groups in total. The Bertz CT molecular complexity index is 1600. The zero-order chi connectivity index (χ0) is 38.5. The number of ether oxygens (including phenoxy) is 9. The summed E-state index contributed by atoms with van der Waals surface area (Å²) in [5, 5.41) is 0. The Morgan fingerprint density at radius 3 is 1.56 bits per heavy atom. The molecule has 0 amide bonds. The summed E-state index contributed by atoms with van der Waals surface area (Å²) >= 11 is 1.39. The molecule has 0 aromatic heterocycles. The smallest absolute Gasteiger partial charge is 0.303 e. The fourth-order valence-electron chi connectivity index (χ4n) is 6.45. The van der Waals surface area contributed by atoms with Crippen molar-refractivity contribution in [2.45, 2.75) is 115 Å². The van der Waals surface area contributed by atoms with Crippen molar-refractivity contribution in [3.05, 3.63) is 108 Å². The number of hydrogen-bond donors (Lipinski definition) is 0. The maximum absolute atomic E-state index is 12.7. The van der Waals surface area contributed by atoms with Gasteiger partial charge in [0, 0.05) is 20.8 Å². The van der Waals surface area contributed by atoms with E-state index in [1.807, 2.05) is 105 Å². The second kappa shape index (κ2) is 20.7. The monoisotopic (exact) mass is 766 g/mol. The second-order valence-electron chi connectivity index (χ2n) is 13.0. The molecule has 12 nitrogen and oxygen atoms in total. The summed E-state index contributed by atoms with van der Waals surface area (Å²) in [5.41, 5.74) is 2.08. The molecule has 3 aromatic rings. The molecular weight excluding hydrogens is 717 g/mol. The number of thioether (sulfide) groups is 1. The minimum atomic E-state index is -1.18. The Balaban J connectivity index is 1.52. The van der Waals surface area contributed by atoms with Crippen LogP contribution in [0.5, 0.6) is 0 Å². The summed E-state index contributed by atoms with van der Waals surface area (Å²) in [6, 6.07) is 29.3. The molecule has 2 saturated heterocycles. The average molecular weight is 767 g/mol. The summed E-state index contributed by atoms with van der Waals surface area (Å²) < 4.78 is 56.8. The van der Waals surface area contributed by atoms with Gasteiger partial charge in [-0.25, -0.2) is 0 Å². The van der Waals surface area contributed by atoms with Gasteiger partial charge in [-0.2, -0.15) is 0 Å². The van der Waals surface area contributed by atoms with Gasteiger partial charge in [0.15, 0.2) is 18.5 Å². The average Bonchev–Trinajstić information content (AvgIpc) is 3.15. The molecule has 2 heterocycles. The topological polar surface area (TPSA) is 134 Å². The van der Waals surface area contributed by atoms with Crippen molar-refractivity contribution in [2.24, 2.45) is 0 Å². The SMILES string of the molecule is CCS[C@@H]1O[C@H](COC(C)=O)[C@@H](OC(C)=O)[C@H](OC(C)=O)[C@H]1O[C@@H]1O[C@@H](C)[C@H](OCc2ccccc2)[C@@H](OCc2ccccc2)[C@H]1OCc1ccccc1. The van der Waals surface area contributed by atoms with Crippen molar-refractivity contribution in [2.75, 3.05) is 12.4 Å². The van der Waals surface area contributed by atoms with Crippen LogP contribution in [0.3, 0.4) is 0 Å². The molecule has 0 radical (unpaired) electrons. The summed E-state index contributed by atoms with van der Waals surface area (Å²) in [5.74, 6) is -1.24. The van der Waals surface area contributed by atoms with Crippen molar-refractivity contribution in [3.63, 3.8) is 0 Å². The van der Waals surface area contributed by atoms with Gasteiger partial charge in [0.1, 0.15) is 42.6 Å². The van der Waals surface area contributed by atoms with Gasteiger partial charge in [0.05, 0.1) is 25.9 Å². The van der Waals surface area contributed by atoms with Crippen molar-refractivity contribution in [3.8, 4) is 0 Å². The highest BCUT2D eigenvalue weighted by molar-refractivity contribution is 7.99. The van der Waals surface area contributed by atoms with Crippen molar-refractivity contribution >= 4 is 29.7 Å². The van der Waals surface area contributed by atoms with Gasteiger partial charge in [-0.05, 0) is 29.4 Å². The van der Waals surface area contributed by atoms with Crippen LogP contribution in [-0.4, -0.2) is 90.8 Å². The summed E-state index contributed by atoms with van der Waals surface area (Å²) in [4.78, 5) is 36.9. The van der Waals surface area contributed by atoms with Crippen LogP contribution in [0, 0.1) is 0 Å². The Labute approximate surface area is 321 Å². The highest BCUT2D eigenvalue weighted by Crippen LogP contribution is 2.38. The fourth-order valence-corrected chi connectivity index (χ4v) is 7.41. The van der Waals surface area contributed by atoms with Crippen molar-refractivity contribution < 1.29 is 57.0 Å². The zero-order valence-corrected chi connectivity index (χ0v) is 32.1. The third kappa shape index (κ3) is 11.8. The Morgan fingerprint density at radius 1 is 0.593 bits per heavy atom. The predicted octanol–water partition coefficient (Wildman–Crippen LogP) is 5.78. The van der Waals surface area contributed by atoms with Crippen LogP contribution >= 0.6 is 11.8 Å². The number of esters is 3.